The van der Waals surface area contributed by atoms with Gasteiger partial charge in [-0.05, 0) is 18.5 Å². The van der Waals surface area contributed by atoms with Crippen LogP contribution in [0.3, 0.4) is 0 Å². The monoisotopic (exact) mass is 210 g/mol. The molecule has 0 N–H and O–H groups in total. The third kappa shape index (κ3) is 4.55. The highest BCUT2D eigenvalue weighted by Crippen LogP contribution is 2.03. The normalized spacial score (nSPS) is 13.6. The molecule has 78 valence electrons. The first-order valence-electron chi connectivity index (χ1n) is 5.10. The maximum absolute atomic E-state index is 5.54. The van der Waals surface area contributed by atoms with E-state index in [1.165, 1.54) is 11.6 Å². The van der Waals surface area contributed by atoms with Crippen molar-refractivity contribution in [1.82, 2.24) is 0 Å². The van der Waals surface area contributed by atoms with Gasteiger partial charge in [-0.25, -0.2) is 0 Å². The zero-order valence-corrected chi connectivity index (χ0v) is 10.3. The van der Waals surface area contributed by atoms with Gasteiger partial charge >= 0.3 is 0 Å². The van der Waals surface area contributed by atoms with Crippen LogP contribution in [0.15, 0.2) is 30.3 Å². The lowest BCUT2D eigenvalue weighted by Gasteiger charge is -2.13. The smallest absolute Gasteiger partial charge is 0.164 e. The quantitative estimate of drug-likeness (QED) is 0.529. The van der Waals surface area contributed by atoms with E-state index in [2.05, 4.69) is 19.1 Å². The van der Waals surface area contributed by atoms with E-state index in [0.29, 0.717) is 6.61 Å². The second-order valence-corrected chi connectivity index (χ2v) is 4.98. The highest BCUT2D eigenvalue weighted by molar-refractivity contribution is 6.26. The van der Waals surface area contributed by atoms with Crippen LogP contribution in [0, 0.1) is 0 Å². The predicted octanol–water partition coefficient (Wildman–Crippen LogP) is 2.09. The Labute approximate surface area is 88.2 Å². The second kappa shape index (κ2) is 6.76. The molecule has 2 nitrogen and oxygen atoms in total. The predicted molar refractivity (Wildman–Crippen MR) is 60.8 cm³/mol. The summed E-state index contributed by atoms with van der Waals surface area (Å²) in [5, 5.41) is 0. The number of benzene rings is 1. The molecule has 3 heteroatoms. The molecule has 0 saturated carbocycles. The van der Waals surface area contributed by atoms with E-state index in [1.54, 1.807) is 0 Å². The highest BCUT2D eigenvalue weighted by Gasteiger charge is 2.00. The van der Waals surface area contributed by atoms with E-state index in [-0.39, 0.29) is 16.1 Å². The van der Waals surface area contributed by atoms with Gasteiger partial charge in [-0.15, -0.1) is 0 Å². The van der Waals surface area contributed by atoms with Gasteiger partial charge in [0.05, 0.1) is 6.61 Å². The van der Waals surface area contributed by atoms with E-state index >= 15 is 0 Å². The number of ether oxygens (including phenoxy) is 1. The third-order valence-electron chi connectivity index (χ3n) is 1.88. The van der Waals surface area contributed by atoms with Crippen molar-refractivity contribution in [3.05, 3.63) is 35.9 Å². The molecule has 14 heavy (non-hydrogen) atoms. The molecule has 0 aliphatic rings. The Morgan fingerprint density at radius 1 is 1.29 bits per heavy atom. The summed E-state index contributed by atoms with van der Waals surface area (Å²) < 4.78 is 11.1. The molecule has 0 fully saturated rings. The summed E-state index contributed by atoms with van der Waals surface area (Å²) in [5.74, 6) is 0. The molecule has 1 unspecified atom stereocenters. The van der Waals surface area contributed by atoms with Gasteiger partial charge in [0.2, 0.25) is 0 Å². The Morgan fingerprint density at radius 2 is 2.00 bits per heavy atom. The van der Waals surface area contributed by atoms with Gasteiger partial charge in [0.1, 0.15) is 6.29 Å². The molecule has 0 heterocycles. The first-order valence-corrected chi connectivity index (χ1v) is 6.67. The summed E-state index contributed by atoms with van der Waals surface area (Å²) >= 11 is 0. The lowest BCUT2D eigenvalue weighted by atomic mass is 10.2. The maximum Gasteiger partial charge on any atom is 0.164 e. The van der Waals surface area contributed by atoms with Crippen LogP contribution in [0.2, 0.25) is 6.04 Å². The summed E-state index contributed by atoms with van der Waals surface area (Å²) in [4.78, 5) is 0. The molecular formula is C11H18O2Si. The molecule has 1 aromatic rings. The molecule has 0 bridgehead atoms. The van der Waals surface area contributed by atoms with E-state index < -0.39 is 0 Å². The summed E-state index contributed by atoms with van der Waals surface area (Å²) in [7, 11) is -0.351. The topological polar surface area (TPSA) is 18.5 Å². The van der Waals surface area contributed by atoms with Gasteiger partial charge in [-0.3, -0.25) is 0 Å². The summed E-state index contributed by atoms with van der Waals surface area (Å²) in [6, 6.07) is 11.3. The van der Waals surface area contributed by atoms with Crippen molar-refractivity contribution < 1.29 is 9.16 Å². The minimum atomic E-state index is -0.351. The number of hydrogen-bond acceptors (Lipinski definition) is 2. The van der Waals surface area contributed by atoms with Gasteiger partial charge in [-0.2, -0.15) is 0 Å². The molecule has 0 aliphatic carbocycles. The summed E-state index contributed by atoms with van der Waals surface area (Å²) in [6.07, 6.45) is -0.0539. The average Bonchev–Trinajstić information content (AvgIpc) is 2.25. The van der Waals surface area contributed by atoms with Gasteiger partial charge in [0.15, 0.2) is 9.76 Å². The second-order valence-electron chi connectivity index (χ2n) is 3.24. The standard InChI is InChI=1S/C11H18O2Si/c1-3-14-13-10(2)12-9-11-7-5-4-6-8-11/h4-8,10H,3,9,14H2,1-2H3. The molecule has 0 aliphatic heterocycles. The van der Waals surface area contributed by atoms with Crippen LogP contribution in [0.4, 0.5) is 0 Å². The number of hydrogen-bond donors (Lipinski definition) is 0. The van der Waals surface area contributed by atoms with Crippen LogP contribution in [0.1, 0.15) is 19.4 Å². The summed E-state index contributed by atoms with van der Waals surface area (Å²) in [5.41, 5.74) is 1.20. The Morgan fingerprint density at radius 3 is 2.64 bits per heavy atom. The van der Waals surface area contributed by atoms with Crippen molar-refractivity contribution in [3.8, 4) is 0 Å². The van der Waals surface area contributed by atoms with Crippen molar-refractivity contribution in [2.45, 2.75) is 32.8 Å². The zero-order valence-electron chi connectivity index (χ0n) is 8.90. The molecule has 0 spiro atoms. The molecule has 0 saturated heterocycles. The Kier molecular flexibility index (Phi) is 5.52. The minimum absolute atomic E-state index is 0.0539. The Hall–Kier alpha value is -0.643. The van der Waals surface area contributed by atoms with Gasteiger partial charge < -0.3 is 9.16 Å². The fourth-order valence-electron chi connectivity index (χ4n) is 1.12. The SMILES string of the molecule is CC[SiH2]OC(C)OCc1ccccc1. The Bertz CT molecular complexity index is 238. The van der Waals surface area contributed by atoms with Gasteiger partial charge in [0.25, 0.3) is 0 Å². The third-order valence-corrected chi connectivity index (χ3v) is 3.00. The average molecular weight is 210 g/mol. The van der Waals surface area contributed by atoms with Gasteiger partial charge in [0, 0.05) is 0 Å². The lowest BCUT2D eigenvalue weighted by molar-refractivity contribution is -0.0753. The van der Waals surface area contributed by atoms with Crippen molar-refractivity contribution in [3.63, 3.8) is 0 Å². The molecule has 1 rings (SSSR count). The van der Waals surface area contributed by atoms with Crippen LogP contribution >= 0.6 is 0 Å². The lowest BCUT2D eigenvalue weighted by Crippen LogP contribution is -2.14. The van der Waals surface area contributed by atoms with Crippen LogP contribution < -0.4 is 0 Å². The molecule has 1 atom stereocenters. The fraction of sp³-hybridized carbons (Fsp3) is 0.455. The molecule has 0 amide bonds. The Balaban J connectivity index is 2.20. The van der Waals surface area contributed by atoms with Crippen LogP contribution in [0.25, 0.3) is 0 Å². The van der Waals surface area contributed by atoms with Crippen LogP contribution in [-0.2, 0) is 15.8 Å². The first-order chi connectivity index (χ1) is 6.83. The van der Waals surface area contributed by atoms with E-state index in [9.17, 15) is 0 Å². The molecule has 0 radical (unpaired) electrons. The largest absolute Gasteiger partial charge is 0.400 e. The van der Waals surface area contributed by atoms with E-state index in [0.717, 1.165) is 0 Å². The highest BCUT2D eigenvalue weighted by atomic mass is 28.2. The van der Waals surface area contributed by atoms with Gasteiger partial charge in [-0.1, -0.05) is 37.3 Å². The van der Waals surface area contributed by atoms with Crippen LogP contribution in [-0.4, -0.2) is 16.1 Å². The zero-order chi connectivity index (χ0) is 10.2. The van der Waals surface area contributed by atoms with E-state index in [1.807, 2.05) is 25.1 Å². The first kappa shape index (κ1) is 11.4. The number of rotatable bonds is 6. The molecule has 0 aromatic heterocycles. The van der Waals surface area contributed by atoms with Crippen molar-refractivity contribution in [1.29, 1.82) is 0 Å². The summed E-state index contributed by atoms with van der Waals surface area (Å²) in [6.45, 7) is 4.75. The fourth-order valence-corrected chi connectivity index (χ4v) is 1.78. The van der Waals surface area contributed by atoms with Crippen molar-refractivity contribution >= 4 is 9.76 Å². The minimum Gasteiger partial charge on any atom is -0.400 e. The maximum atomic E-state index is 5.54. The molecular weight excluding hydrogens is 192 g/mol. The van der Waals surface area contributed by atoms with E-state index in [4.69, 9.17) is 9.16 Å². The van der Waals surface area contributed by atoms with Crippen LogP contribution in [0.5, 0.6) is 0 Å². The van der Waals surface area contributed by atoms with Crippen molar-refractivity contribution in [2.24, 2.45) is 0 Å². The van der Waals surface area contributed by atoms with Crippen molar-refractivity contribution in [2.75, 3.05) is 0 Å². The molecule has 1 aromatic carbocycles.